The highest BCUT2D eigenvalue weighted by Crippen LogP contribution is 2.13. The van der Waals surface area contributed by atoms with Crippen LogP contribution in [0.1, 0.15) is 18.9 Å². The van der Waals surface area contributed by atoms with Crippen LogP contribution in [0.15, 0.2) is 41.3 Å². The van der Waals surface area contributed by atoms with Crippen LogP contribution < -0.4 is 4.72 Å². The summed E-state index contributed by atoms with van der Waals surface area (Å²) in [5.41, 5.74) is 0.960. The molecule has 0 saturated carbocycles. The maximum Gasteiger partial charge on any atom is 0.309 e. The third-order valence-corrected chi connectivity index (χ3v) is 4.93. The molecule has 2 atom stereocenters. The van der Waals surface area contributed by atoms with Crippen LogP contribution >= 0.6 is 0 Å². The van der Waals surface area contributed by atoms with Crippen molar-refractivity contribution in [3.63, 3.8) is 0 Å². The molecular formula is C16H23NO5S. The minimum Gasteiger partial charge on any atom is -0.469 e. The van der Waals surface area contributed by atoms with E-state index in [4.69, 9.17) is 0 Å². The summed E-state index contributed by atoms with van der Waals surface area (Å²) in [5, 5.41) is 9.45. The van der Waals surface area contributed by atoms with E-state index in [1.54, 1.807) is 31.2 Å². The zero-order valence-electron chi connectivity index (χ0n) is 13.5. The van der Waals surface area contributed by atoms with Crippen molar-refractivity contribution in [3.8, 4) is 0 Å². The number of benzene rings is 1. The van der Waals surface area contributed by atoms with E-state index in [1.807, 2.05) is 6.92 Å². The lowest BCUT2D eigenvalue weighted by Crippen LogP contribution is -2.41. The average molecular weight is 341 g/mol. The maximum absolute atomic E-state index is 12.3. The van der Waals surface area contributed by atoms with E-state index in [2.05, 4.69) is 9.46 Å². The minimum atomic E-state index is -3.71. The minimum absolute atomic E-state index is 0.101. The Morgan fingerprint density at radius 2 is 1.96 bits per heavy atom. The Hall–Kier alpha value is -1.70. The molecule has 1 aromatic carbocycles. The van der Waals surface area contributed by atoms with Gasteiger partial charge in [-0.1, -0.05) is 36.8 Å². The molecule has 0 saturated heterocycles. The Labute approximate surface area is 137 Å². The van der Waals surface area contributed by atoms with E-state index in [0.29, 0.717) is 0 Å². The van der Waals surface area contributed by atoms with Gasteiger partial charge in [0.05, 0.1) is 31.1 Å². The number of esters is 1. The van der Waals surface area contributed by atoms with Gasteiger partial charge in [-0.05, 0) is 25.0 Å². The largest absolute Gasteiger partial charge is 0.469 e. The molecule has 1 rings (SSSR count). The zero-order valence-corrected chi connectivity index (χ0v) is 14.3. The first-order chi connectivity index (χ1) is 10.8. The van der Waals surface area contributed by atoms with Crippen molar-refractivity contribution < 1.29 is 23.1 Å². The summed E-state index contributed by atoms with van der Waals surface area (Å²) >= 11 is 0. The van der Waals surface area contributed by atoms with E-state index >= 15 is 0 Å². The molecule has 0 radical (unpaired) electrons. The number of sulfonamides is 1. The Balaban J connectivity index is 2.77. The summed E-state index contributed by atoms with van der Waals surface area (Å²) < 4.78 is 31.7. The number of aliphatic hydroxyl groups excluding tert-OH is 1. The fraction of sp³-hybridized carbons (Fsp3) is 0.438. The van der Waals surface area contributed by atoms with Gasteiger partial charge >= 0.3 is 5.97 Å². The number of ether oxygens (including phenoxy) is 1. The lowest BCUT2D eigenvalue weighted by atomic mass is 10.0. The van der Waals surface area contributed by atoms with Crippen LogP contribution in [0.2, 0.25) is 0 Å². The van der Waals surface area contributed by atoms with Gasteiger partial charge in [-0.2, -0.15) is 0 Å². The first-order valence-electron chi connectivity index (χ1n) is 7.23. The fourth-order valence-electron chi connectivity index (χ4n) is 1.89. The molecule has 6 nitrogen and oxygen atoms in total. The SMILES string of the molecule is COC(=O)CC=C[C@@H](C)[C@@H](CO)NS(=O)(=O)c1ccc(C)cc1. The van der Waals surface area contributed by atoms with Crippen molar-refractivity contribution in [2.45, 2.75) is 31.2 Å². The number of nitrogens with one attached hydrogen (secondary N) is 1. The number of aliphatic hydroxyl groups is 1. The quantitative estimate of drug-likeness (QED) is 0.551. The van der Waals surface area contributed by atoms with Gasteiger partial charge in [0.2, 0.25) is 10.0 Å². The number of hydrogen-bond donors (Lipinski definition) is 2. The molecule has 0 aliphatic carbocycles. The van der Waals surface area contributed by atoms with Crippen molar-refractivity contribution in [2.24, 2.45) is 5.92 Å². The monoisotopic (exact) mass is 341 g/mol. The van der Waals surface area contributed by atoms with Gasteiger partial charge in [0, 0.05) is 0 Å². The molecule has 7 heteroatoms. The summed E-state index contributed by atoms with van der Waals surface area (Å²) in [4.78, 5) is 11.2. The predicted molar refractivity (Wildman–Crippen MR) is 87.3 cm³/mol. The molecule has 1 aromatic rings. The second-order valence-electron chi connectivity index (χ2n) is 5.29. The second kappa shape index (κ2) is 8.81. The van der Waals surface area contributed by atoms with Crippen molar-refractivity contribution in [1.29, 1.82) is 0 Å². The molecule has 0 spiro atoms. The second-order valence-corrected chi connectivity index (χ2v) is 7.00. The number of methoxy groups -OCH3 is 1. The molecule has 0 unspecified atom stereocenters. The first-order valence-corrected chi connectivity index (χ1v) is 8.71. The Morgan fingerprint density at radius 3 is 2.48 bits per heavy atom. The molecule has 0 amide bonds. The van der Waals surface area contributed by atoms with Gasteiger partial charge in [-0.25, -0.2) is 13.1 Å². The Morgan fingerprint density at radius 1 is 1.35 bits per heavy atom. The molecule has 0 aromatic heterocycles. The van der Waals surface area contributed by atoms with Crippen LogP contribution in [0.4, 0.5) is 0 Å². The van der Waals surface area contributed by atoms with Crippen LogP contribution in [0.25, 0.3) is 0 Å². The molecule has 2 N–H and O–H groups in total. The van der Waals surface area contributed by atoms with Crippen LogP contribution in [-0.2, 0) is 19.6 Å². The average Bonchev–Trinajstić information content (AvgIpc) is 2.52. The standard InChI is InChI=1S/C16H23NO5S/c1-12-7-9-14(10-8-12)23(20,21)17-15(11-18)13(2)5-4-6-16(19)22-3/h4-5,7-10,13,15,17-18H,6,11H2,1-3H3/t13-,15-/m1/s1. The summed E-state index contributed by atoms with van der Waals surface area (Å²) in [6.07, 6.45) is 3.37. The molecule has 0 heterocycles. The summed E-state index contributed by atoms with van der Waals surface area (Å²) in [6.45, 7) is 3.27. The lowest BCUT2D eigenvalue weighted by molar-refractivity contribution is -0.139. The highest BCUT2D eigenvalue weighted by Gasteiger charge is 2.22. The van der Waals surface area contributed by atoms with Crippen LogP contribution in [0.3, 0.4) is 0 Å². The predicted octanol–water partition coefficient (Wildman–Crippen LogP) is 1.39. The van der Waals surface area contributed by atoms with Gasteiger partial charge in [-0.3, -0.25) is 4.79 Å². The van der Waals surface area contributed by atoms with Gasteiger partial charge in [-0.15, -0.1) is 0 Å². The number of rotatable bonds is 8. The van der Waals surface area contributed by atoms with Crippen LogP contribution in [0, 0.1) is 12.8 Å². The van der Waals surface area contributed by atoms with Crippen molar-refractivity contribution >= 4 is 16.0 Å². The van der Waals surface area contributed by atoms with E-state index < -0.39 is 16.1 Å². The fourth-order valence-corrected chi connectivity index (χ4v) is 3.21. The van der Waals surface area contributed by atoms with Crippen LogP contribution in [0.5, 0.6) is 0 Å². The number of carbonyl (C=O) groups excluding carboxylic acids is 1. The normalized spacial score (nSPS) is 14.6. The highest BCUT2D eigenvalue weighted by atomic mass is 32.2. The number of carbonyl (C=O) groups is 1. The van der Waals surface area contributed by atoms with Gasteiger partial charge in [0.25, 0.3) is 0 Å². The number of hydrogen-bond acceptors (Lipinski definition) is 5. The van der Waals surface area contributed by atoms with Gasteiger partial charge in [0.15, 0.2) is 0 Å². The molecule has 0 fully saturated rings. The van der Waals surface area contributed by atoms with Crippen molar-refractivity contribution in [2.75, 3.05) is 13.7 Å². The lowest BCUT2D eigenvalue weighted by Gasteiger charge is -2.20. The smallest absolute Gasteiger partial charge is 0.309 e. The summed E-state index contributed by atoms with van der Waals surface area (Å²) in [6, 6.07) is 5.77. The Kier molecular flexibility index (Phi) is 7.41. The van der Waals surface area contributed by atoms with Gasteiger partial charge in [0.1, 0.15) is 0 Å². The number of aryl methyl sites for hydroxylation is 1. The van der Waals surface area contributed by atoms with E-state index in [0.717, 1.165) is 5.56 Å². The summed E-state index contributed by atoms with van der Waals surface area (Å²) in [7, 11) is -2.42. The topological polar surface area (TPSA) is 92.7 Å². The van der Waals surface area contributed by atoms with Crippen molar-refractivity contribution in [1.82, 2.24) is 4.72 Å². The van der Waals surface area contributed by atoms with Crippen LogP contribution in [-0.4, -0.2) is 39.3 Å². The van der Waals surface area contributed by atoms with Gasteiger partial charge < -0.3 is 9.84 Å². The molecule has 0 bridgehead atoms. The van der Waals surface area contributed by atoms with E-state index in [1.165, 1.54) is 19.2 Å². The van der Waals surface area contributed by atoms with E-state index in [9.17, 15) is 18.3 Å². The third-order valence-electron chi connectivity index (χ3n) is 3.42. The first kappa shape index (κ1) is 19.3. The summed E-state index contributed by atoms with van der Waals surface area (Å²) in [5.74, 6) is -0.667. The zero-order chi connectivity index (χ0) is 17.5. The highest BCUT2D eigenvalue weighted by molar-refractivity contribution is 7.89. The van der Waals surface area contributed by atoms with E-state index in [-0.39, 0.29) is 29.8 Å². The molecule has 23 heavy (non-hydrogen) atoms. The molecule has 0 aliphatic rings. The maximum atomic E-state index is 12.3. The van der Waals surface area contributed by atoms with Crippen molar-refractivity contribution in [3.05, 3.63) is 42.0 Å². The molecule has 128 valence electrons. The molecular weight excluding hydrogens is 318 g/mol. The third kappa shape index (κ3) is 6.13. The molecule has 0 aliphatic heterocycles. The Bertz CT molecular complexity index is 637.